The number of phenols is 1. The molecule has 1 saturated heterocycles. The third-order valence-electron chi connectivity index (χ3n) is 5.46. The fourth-order valence-corrected chi connectivity index (χ4v) is 4.72. The molecule has 2 aromatic rings. The van der Waals surface area contributed by atoms with Gasteiger partial charge in [0.15, 0.2) is 12.0 Å². The van der Waals surface area contributed by atoms with Crippen molar-refractivity contribution in [2.24, 2.45) is 10.2 Å². The van der Waals surface area contributed by atoms with Gasteiger partial charge < -0.3 is 20.2 Å². The van der Waals surface area contributed by atoms with Crippen molar-refractivity contribution >= 4 is 21.4 Å². The maximum Gasteiger partial charge on any atom is 0.171 e. The summed E-state index contributed by atoms with van der Waals surface area (Å²) in [7, 11) is 0. The summed E-state index contributed by atoms with van der Waals surface area (Å²) in [5.41, 5.74) is 0.802. The van der Waals surface area contributed by atoms with Crippen LogP contribution in [0.25, 0.3) is 10.1 Å². The molecule has 0 amide bonds. The molecular weight excluding hydrogens is 358 g/mol. The average molecular weight is 386 g/mol. The number of hydrogen-bond acceptors (Lipinski definition) is 7. The van der Waals surface area contributed by atoms with Crippen LogP contribution in [0.15, 0.2) is 45.8 Å². The van der Waals surface area contributed by atoms with Crippen molar-refractivity contribution in [1.82, 2.24) is 15.1 Å². The maximum atomic E-state index is 10.7. The number of piperidine rings is 1. The topological polar surface area (TPSA) is 63.5 Å². The Morgan fingerprint density at radius 3 is 2.96 bits per heavy atom. The first-order valence-corrected chi connectivity index (χ1v) is 10.6. The lowest BCUT2D eigenvalue weighted by molar-refractivity contribution is 0.201. The highest BCUT2D eigenvalue weighted by Gasteiger charge is 2.26. The zero-order valence-electron chi connectivity index (χ0n) is 15.9. The molecular formula is C20H27N5OS. The second-order valence-electron chi connectivity index (χ2n) is 7.15. The Bertz CT molecular complexity index is 861. The van der Waals surface area contributed by atoms with Gasteiger partial charge in [0, 0.05) is 41.0 Å². The van der Waals surface area contributed by atoms with Crippen LogP contribution < -0.4 is 5.32 Å². The van der Waals surface area contributed by atoms with Crippen molar-refractivity contribution in [2.45, 2.75) is 38.9 Å². The third kappa shape index (κ3) is 3.66. The van der Waals surface area contributed by atoms with E-state index in [1.54, 1.807) is 11.3 Å². The molecule has 3 heterocycles. The van der Waals surface area contributed by atoms with Crippen LogP contribution in [0.5, 0.6) is 5.75 Å². The minimum absolute atomic E-state index is 0.289. The molecule has 4 rings (SSSR count). The van der Waals surface area contributed by atoms with Gasteiger partial charge >= 0.3 is 0 Å². The number of hydrogen-bond donors (Lipinski definition) is 2. The molecule has 1 unspecified atom stereocenters. The van der Waals surface area contributed by atoms with E-state index in [1.165, 1.54) is 13.0 Å². The van der Waals surface area contributed by atoms with Gasteiger partial charge in [0.2, 0.25) is 0 Å². The highest BCUT2D eigenvalue weighted by Crippen LogP contribution is 2.39. The third-order valence-corrected chi connectivity index (χ3v) is 6.35. The van der Waals surface area contributed by atoms with Crippen LogP contribution in [0.3, 0.4) is 0 Å². The molecule has 1 fully saturated rings. The fraction of sp³-hybridized carbons (Fsp3) is 0.500. The number of fused-ring (bicyclic) bond motifs is 1. The van der Waals surface area contributed by atoms with E-state index < -0.39 is 0 Å². The van der Waals surface area contributed by atoms with Gasteiger partial charge in [-0.25, -0.2) is 0 Å². The Labute approximate surface area is 164 Å². The molecule has 0 bridgehead atoms. The van der Waals surface area contributed by atoms with Crippen molar-refractivity contribution in [3.8, 4) is 5.75 Å². The largest absolute Gasteiger partial charge is 0.507 e. The van der Waals surface area contributed by atoms with Gasteiger partial charge in [-0.2, -0.15) is 5.11 Å². The molecule has 7 heteroatoms. The zero-order valence-corrected chi connectivity index (χ0v) is 16.7. The van der Waals surface area contributed by atoms with E-state index in [0.717, 1.165) is 47.5 Å². The predicted octanol–water partition coefficient (Wildman–Crippen LogP) is 4.27. The van der Waals surface area contributed by atoms with E-state index in [-0.39, 0.29) is 6.17 Å². The molecule has 0 aliphatic carbocycles. The number of phenolic OH excluding ortho intramolecular Hbond substituents is 1. The molecule has 0 spiro atoms. The number of benzene rings is 1. The van der Waals surface area contributed by atoms with Crippen LogP contribution >= 0.6 is 11.3 Å². The SMILES string of the molecule is CCN1CCCC(NC2=CN(CC)[C@@H](c3ccc4sccc4c3O)N=N2)C1. The Hall–Kier alpha value is -2.12. The number of rotatable bonds is 5. The Kier molecular flexibility index (Phi) is 5.31. The van der Waals surface area contributed by atoms with Crippen molar-refractivity contribution in [3.05, 3.63) is 41.2 Å². The minimum Gasteiger partial charge on any atom is -0.507 e. The molecule has 1 aromatic carbocycles. The monoisotopic (exact) mass is 385 g/mol. The number of aromatic hydroxyl groups is 1. The van der Waals surface area contributed by atoms with Gasteiger partial charge in [-0.05, 0) is 56.4 Å². The number of nitrogens with zero attached hydrogens (tertiary/aromatic N) is 4. The molecule has 1 aromatic heterocycles. The molecule has 2 aliphatic rings. The van der Waals surface area contributed by atoms with Crippen molar-refractivity contribution < 1.29 is 5.11 Å². The molecule has 0 radical (unpaired) electrons. The number of azo groups is 1. The second kappa shape index (κ2) is 7.86. The summed E-state index contributed by atoms with van der Waals surface area (Å²) in [5.74, 6) is 1.12. The first kappa shape index (κ1) is 18.3. The number of likely N-dealkylation sites (tertiary alicyclic amines) is 1. The van der Waals surface area contributed by atoms with E-state index in [2.05, 4.69) is 45.3 Å². The summed E-state index contributed by atoms with van der Waals surface area (Å²) in [6.45, 7) is 8.43. The Balaban J connectivity index is 1.52. The van der Waals surface area contributed by atoms with Crippen LogP contribution in [0.2, 0.25) is 0 Å². The van der Waals surface area contributed by atoms with Gasteiger partial charge in [-0.1, -0.05) is 6.92 Å². The van der Waals surface area contributed by atoms with E-state index in [9.17, 15) is 5.11 Å². The standard InChI is InChI=1S/C20H27N5OS/c1-3-24-10-5-6-14(12-24)21-18-13-25(4-2)20(23-22-18)16-7-8-17-15(19(16)26)9-11-27-17/h7-9,11,13-14,20-21,26H,3-6,10,12H2,1-2H3/t14?,20-/m0/s1. The quantitative estimate of drug-likeness (QED) is 0.807. The molecule has 2 N–H and O–H groups in total. The van der Waals surface area contributed by atoms with Gasteiger partial charge in [-0.15, -0.1) is 16.5 Å². The lowest BCUT2D eigenvalue weighted by Gasteiger charge is -2.34. The van der Waals surface area contributed by atoms with Gasteiger partial charge in [0.25, 0.3) is 0 Å². The van der Waals surface area contributed by atoms with Gasteiger partial charge in [0.05, 0.1) is 0 Å². The lowest BCUT2D eigenvalue weighted by Crippen LogP contribution is -2.45. The molecule has 2 atom stereocenters. The Morgan fingerprint density at radius 1 is 1.26 bits per heavy atom. The predicted molar refractivity (Wildman–Crippen MR) is 110 cm³/mol. The summed E-state index contributed by atoms with van der Waals surface area (Å²) in [6, 6.07) is 6.39. The van der Waals surface area contributed by atoms with E-state index >= 15 is 0 Å². The summed E-state index contributed by atoms with van der Waals surface area (Å²) >= 11 is 1.63. The first-order chi connectivity index (χ1) is 13.2. The van der Waals surface area contributed by atoms with Crippen LogP contribution in [-0.4, -0.2) is 47.1 Å². The summed E-state index contributed by atoms with van der Waals surface area (Å²) in [5, 5.41) is 26.2. The molecule has 144 valence electrons. The van der Waals surface area contributed by atoms with Crippen molar-refractivity contribution in [3.63, 3.8) is 0 Å². The lowest BCUT2D eigenvalue weighted by atomic mass is 10.1. The van der Waals surface area contributed by atoms with Crippen LogP contribution in [-0.2, 0) is 0 Å². The van der Waals surface area contributed by atoms with Gasteiger partial charge in [-0.3, -0.25) is 0 Å². The van der Waals surface area contributed by atoms with Crippen LogP contribution in [0.4, 0.5) is 0 Å². The van der Waals surface area contributed by atoms with E-state index in [4.69, 9.17) is 0 Å². The number of likely N-dealkylation sites (N-methyl/N-ethyl adjacent to an activating group) is 1. The molecule has 0 saturated carbocycles. The fourth-order valence-electron chi connectivity index (χ4n) is 3.93. The summed E-state index contributed by atoms with van der Waals surface area (Å²) < 4.78 is 1.09. The van der Waals surface area contributed by atoms with E-state index in [0.29, 0.717) is 11.8 Å². The van der Waals surface area contributed by atoms with Crippen molar-refractivity contribution in [1.29, 1.82) is 0 Å². The second-order valence-corrected chi connectivity index (χ2v) is 8.09. The first-order valence-electron chi connectivity index (χ1n) is 9.76. The molecule has 2 aliphatic heterocycles. The zero-order chi connectivity index (χ0) is 18.8. The van der Waals surface area contributed by atoms with Gasteiger partial charge in [0.1, 0.15) is 5.75 Å². The smallest absolute Gasteiger partial charge is 0.171 e. The Morgan fingerprint density at radius 2 is 2.15 bits per heavy atom. The maximum absolute atomic E-state index is 10.7. The highest BCUT2D eigenvalue weighted by molar-refractivity contribution is 7.17. The van der Waals surface area contributed by atoms with E-state index in [1.807, 2.05) is 23.7 Å². The van der Waals surface area contributed by atoms with Crippen LogP contribution in [0, 0.1) is 0 Å². The van der Waals surface area contributed by atoms with Crippen LogP contribution in [0.1, 0.15) is 38.4 Å². The normalized spacial score (nSPS) is 23.6. The highest BCUT2D eigenvalue weighted by atomic mass is 32.1. The molecule has 27 heavy (non-hydrogen) atoms. The number of thiophene rings is 1. The summed E-state index contributed by atoms with van der Waals surface area (Å²) in [6.07, 6.45) is 4.13. The number of nitrogens with one attached hydrogen (secondary N) is 1. The summed E-state index contributed by atoms with van der Waals surface area (Å²) in [4.78, 5) is 4.60. The average Bonchev–Trinajstić information content (AvgIpc) is 3.18. The molecule has 6 nitrogen and oxygen atoms in total. The minimum atomic E-state index is -0.289. The van der Waals surface area contributed by atoms with Crippen molar-refractivity contribution in [2.75, 3.05) is 26.2 Å².